The summed E-state index contributed by atoms with van der Waals surface area (Å²) in [4.78, 5) is 16.2. The number of aromatic nitrogens is 1. The number of aryl methyl sites for hydroxylation is 1. The molecule has 0 aromatic carbocycles. The van der Waals surface area contributed by atoms with Crippen LogP contribution in [-0.2, 0) is 11.2 Å². The minimum Gasteiger partial charge on any atom is -0.496 e. The average Bonchev–Trinajstić information content (AvgIpc) is 2.20. The predicted octanol–water partition coefficient (Wildman–Crippen LogP) is 1.95. The monoisotopic (exact) mass is 250 g/mol. The van der Waals surface area contributed by atoms with Crippen molar-refractivity contribution in [3.63, 3.8) is 0 Å². The molecule has 4 nitrogen and oxygen atoms in total. The molecule has 1 aromatic rings. The molecule has 0 atom stereocenters. The van der Waals surface area contributed by atoms with Crippen molar-refractivity contribution >= 4 is 5.78 Å². The maximum Gasteiger partial charge on any atom is 0.140 e. The van der Waals surface area contributed by atoms with Crippen molar-refractivity contribution in [3.8, 4) is 5.75 Å². The highest BCUT2D eigenvalue weighted by atomic mass is 16.5. The third kappa shape index (κ3) is 3.81. The van der Waals surface area contributed by atoms with Crippen LogP contribution in [0.15, 0.2) is 6.20 Å². The summed E-state index contributed by atoms with van der Waals surface area (Å²) in [6, 6.07) is 0. The number of rotatable bonds is 5. The van der Waals surface area contributed by atoms with Crippen molar-refractivity contribution in [1.82, 2.24) is 4.98 Å². The molecule has 0 radical (unpaired) electrons. The quantitative estimate of drug-likeness (QED) is 0.867. The van der Waals surface area contributed by atoms with Crippen LogP contribution in [0.3, 0.4) is 0 Å². The summed E-state index contributed by atoms with van der Waals surface area (Å²) in [7, 11) is 1.63. The van der Waals surface area contributed by atoms with Gasteiger partial charge in [-0.15, -0.1) is 0 Å². The molecule has 0 aliphatic heterocycles. The molecule has 1 heterocycles. The van der Waals surface area contributed by atoms with E-state index in [4.69, 9.17) is 10.5 Å². The summed E-state index contributed by atoms with van der Waals surface area (Å²) >= 11 is 0. The van der Waals surface area contributed by atoms with Crippen molar-refractivity contribution in [2.75, 3.05) is 7.11 Å². The van der Waals surface area contributed by atoms with Gasteiger partial charge in [0, 0.05) is 35.7 Å². The second kappa shape index (κ2) is 5.48. The summed E-state index contributed by atoms with van der Waals surface area (Å²) < 4.78 is 5.32. The zero-order valence-electron chi connectivity index (χ0n) is 11.8. The lowest BCUT2D eigenvalue weighted by Crippen LogP contribution is -2.35. The highest BCUT2D eigenvalue weighted by Gasteiger charge is 2.19. The molecule has 100 valence electrons. The standard InChI is InChI=1S/C14H22N2O2/c1-9-8-16-12(10(2)13(9)18-5)6-11(17)7-14(3,4)15/h8H,6-7,15H2,1-5H3. The minimum absolute atomic E-state index is 0.101. The van der Waals surface area contributed by atoms with Gasteiger partial charge in [0.05, 0.1) is 12.8 Å². The first-order chi connectivity index (χ1) is 8.24. The summed E-state index contributed by atoms with van der Waals surface area (Å²) in [5, 5.41) is 0. The number of nitrogens with zero attached hydrogens (tertiary/aromatic N) is 1. The minimum atomic E-state index is -0.472. The number of carbonyl (C=O) groups excluding carboxylic acids is 1. The molecule has 0 aliphatic rings. The Bertz CT molecular complexity index is 448. The Kier molecular flexibility index (Phi) is 4.46. The third-order valence-electron chi connectivity index (χ3n) is 2.77. The van der Waals surface area contributed by atoms with Crippen LogP contribution in [-0.4, -0.2) is 23.4 Å². The number of hydrogen-bond donors (Lipinski definition) is 1. The lowest BCUT2D eigenvalue weighted by Gasteiger charge is -2.17. The number of Topliss-reactive ketones (excluding diaryl/α,β-unsaturated/α-hetero) is 1. The molecule has 0 aliphatic carbocycles. The molecule has 0 spiro atoms. The molecular weight excluding hydrogens is 228 g/mol. The van der Waals surface area contributed by atoms with Gasteiger partial charge in [0.25, 0.3) is 0 Å². The Hall–Kier alpha value is -1.42. The van der Waals surface area contributed by atoms with Crippen LogP contribution < -0.4 is 10.5 Å². The number of nitrogens with two attached hydrogens (primary N) is 1. The Morgan fingerprint density at radius 3 is 2.56 bits per heavy atom. The molecule has 1 rings (SSSR count). The van der Waals surface area contributed by atoms with E-state index >= 15 is 0 Å². The molecule has 0 amide bonds. The van der Waals surface area contributed by atoms with Gasteiger partial charge < -0.3 is 10.5 Å². The van der Waals surface area contributed by atoms with Crippen molar-refractivity contribution in [1.29, 1.82) is 0 Å². The number of ketones is 1. The largest absolute Gasteiger partial charge is 0.496 e. The average molecular weight is 250 g/mol. The van der Waals surface area contributed by atoms with Crippen LogP contribution in [0.25, 0.3) is 0 Å². The Morgan fingerprint density at radius 1 is 1.44 bits per heavy atom. The zero-order valence-corrected chi connectivity index (χ0v) is 11.8. The highest BCUT2D eigenvalue weighted by Crippen LogP contribution is 2.24. The van der Waals surface area contributed by atoms with Crippen molar-refractivity contribution in [2.24, 2.45) is 5.73 Å². The van der Waals surface area contributed by atoms with E-state index < -0.39 is 5.54 Å². The maximum atomic E-state index is 11.9. The van der Waals surface area contributed by atoms with E-state index in [1.165, 1.54) is 0 Å². The van der Waals surface area contributed by atoms with E-state index in [9.17, 15) is 4.79 Å². The summed E-state index contributed by atoms with van der Waals surface area (Å²) in [5.41, 5.74) is 8.05. The lowest BCUT2D eigenvalue weighted by molar-refractivity contribution is -0.119. The first-order valence-corrected chi connectivity index (χ1v) is 6.04. The van der Waals surface area contributed by atoms with Crippen LogP contribution >= 0.6 is 0 Å². The van der Waals surface area contributed by atoms with Gasteiger partial charge in [-0.1, -0.05) is 0 Å². The van der Waals surface area contributed by atoms with Gasteiger partial charge in [-0.3, -0.25) is 9.78 Å². The summed E-state index contributed by atoms with van der Waals surface area (Å²) in [5.74, 6) is 0.906. The second-order valence-electron chi connectivity index (χ2n) is 5.43. The Labute approximate surface area is 109 Å². The van der Waals surface area contributed by atoms with Crippen LogP contribution in [0.1, 0.15) is 37.1 Å². The number of methoxy groups -OCH3 is 1. The summed E-state index contributed by atoms with van der Waals surface area (Å²) in [6.07, 6.45) is 2.40. The van der Waals surface area contributed by atoms with Crippen LogP contribution in [0, 0.1) is 13.8 Å². The van der Waals surface area contributed by atoms with Gasteiger partial charge >= 0.3 is 0 Å². The van der Waals surface area contributed by atoms with Crippen molar-refractivity contribution in [2.45, 2.75) is 46.1 Å². The van der Waals surface area contributed by atoms with Gasteiger partial charge in [0.1, 0.15) is 11.5 Å². The summed E-state index contributed by atoms with van der Waals surface area (Å²) in [6.45, 7) is 7.56. The van der Waals surface area contributed by atoms with Crippen molar-refractivity contribution in [3.05, 3.63) is 23.0 Å². The molecule has 1 aromatic heterocycles. The number of ether oxygens (including phenoxy) is 1. The SMILES string of the molecule is COc1c(C)cnc(CC(=O)CC(C)(C)N)c1C. The first kappa shape index (κ1) is 14.6. The molecule has 18 heavy (non-hydrogen) atoms. The van der Waals surface area contributed by atoms with Crippen LogP contribution in [0.5, 0.6) is 5.75 Å². The second-order valence-corrected chi connectivity index (χ2v) is 5.43. The van der Waals surface area contributed by atoms with E-state index in [0.29, 0.717) is 12.8 Å². The number of hydrogen-bond acceptors (Lipinski definition) is 4. The van der Waals surface area contributed by atoms with E-state index in [2.05, 4.69) is 4.98 Å². The lowest BCUT2D eigenvalue weighted by atomic mass is 9.96. The normalized spacial score (nSPS) is 11.4. The maximum absolute atomic E-state index is 11.9. The van der Waals surface area contributed by atoms with Crippen molar-refractivity contribution < 1.29 is 9.53 Å². The molecule has 0 saturated carbocycles. The van der Waals surface area contributed by atoms with Gasteiger partial charge in [0.2, 0.25) is 0 Å². The predicted molar refractivity (Wildman–Crippen MR) is 71.9 cm³/mol. The zero-order chi connectivity index (χ0) is 13.9. The highest BCUT2D eigenvalue weighted by molar-refractivity contribution is 5.82. The molecule has 0 saturated heterocycles. The molecule has 4 heteroatoms. The van der Waals surface area contributed by atoms with E-state index in [1.807, 2.05) is 27.7 Å². The smallest absolute Gasteiger partial charge is 0.140 e. The molecule has 0 bridgehead atoms. The third-order valence-corrected chi connectivity index (χ3v) is 2.77. The Balaban J connectivity index is 2.89. The molecule has 0 fully saturated rings. The van der Waals surface area contributed by atoms with Gasteiger partial charge in [-0.05, 0) is 27.7 Å². The van der Waals surface area contributed by atoms with E-state index in [-0.39, 0.29) is 5.78 Å². The Morgan fingerprint density at radius 2 is 2.06 bits per heavy atom. The van der Waals surface area contributed by atoms with Crippen LogP contribution in [0.2, 0.25) is 0 Å². The fourth-order valence-electron chi connectivity index (χ4n) is 2.01. The van der Waals surface area contributed by atoms with Crippen LogP contribution in [0.4, 0.5) is 0 Å². The van der Waals surface area contributed by atoms with E-state index in [1.54, 1.807) is 13.3 Å². The van der Waals surface area contributed by atoms with Gasteiger partial charge in [-0.2, -0.15) is 0 Å². The number of carbonyl (C=O) groups is 1. The van der Waals surface area contributed by atoms with E-state index in [0.717, 1.165) is 22.6 Å². The molecule has 2 N–H and O–H groups in total. The first-order valence-electron chi connectivity index (χ1n) is 6.04. The van der Waals surface area contributed by atoms with Gasteiger partial charge in [0.15, 0.2) is 0 Å². The number of pyridine rings is 1. The fraction of sp³-hybridized carbons (Fsp3) is 0.571. The molecule has 0 unspecified atom stereocenters. The van der Waals surface area contributed by atoms with Gasteiger partial charge in [-0.25, -0.2) is 0 Å². The molecular formula is C14H22N2O2. The fourth-order valence-corrected chi connectivity index (χ4v) is 2.01. The topological polar surface area (TPSA) is 65.2 Å².